The molecule has 0 bridgehead atoms. The number of hydrogen-bond acceptors (Lipinski definition) is 3. The van der Waals surface area contributed by atoms with Crippen molar-refractivity contribution in [1.82, 2.24) is 0 Å². The highest BCUT2D eigenvalue weighted by Gasteiger charge is 2.13. The quantitative estimate of drug-likeness (QED) is 0.723. The lowest BCUT2D eigenvalue weighted by Crippen LogP contribution is -2.22. The van der Waals surface area contributed by atoms with Crippen LogP contribution < -0.4 is 16.8 Å². The van der Waals surface area contributed by atoms with Crippen LogP contribution in [0.3, 0.4) is 0 Å². The molecule has 0 aliphatic rings. The molecule has 0 aliphatic carbocycles. The van der Waals surface area contributed by atoms with E-state index >= 15 is 0 Å². The summed E-state index contributed by atoms with van der Waals surface area (Å²) in [6.45, 7) is 2.33. The van der Waals surface area contributed by atoms with Gasteiger partial charge in [-0.1, -0.05) is 13.3 Å². The first-order valence-corrected chi connectivity index (χ1v) is 6.07. The second kappa shape index (κ2) is 6.84. The van der Waals surface area contributed by atoms with E-state index in [0.717, 1.165) is 12.5 Å². The first-order valence-electron chi connectivity index (χ1n) is 6.07. The molecule has 1 atom stereocenters. The van der Waals surface area contributed by atoms with E-state index in [0.29, 0.717) is 6.54 Å². The van der Waals surface area contributed by atoms with Gasteiger partial charge >= 0.3 is 0 Å². The number of hydrogen-bond donors (Lipinski definition) is 3. The molecule has 0 heterocycles. The number of amides is 2. The van der Waals surface area contributed by atoms with E-state index in [2.05, 4.69) is 5.32 Å². The van der Waals surface area contributed by atoms with Crippen LogP contribution in [0.2, 0.25) is 0 Å². The van der Waals surface area contributed by atoms with Crippen LogP contribution in [0.15, 0.2) is 18.2 Å². The van der Waals surface area contributed by atoms with Gasteiger partial charge in [0.1, 0.15) is 5.82 Å². The number of nitrogens with two attached hydrogens (primary N) is 2. The van der Waals surface area contributed by atoms with E-state index < -0.39 is 11.7 Å². The van der Waals surface area contributed by atoms with Gasteiger partial charge in [0.15, 0.2) is 0 Å². The summed E-state index contributed by atoms with van der Waals surface area (Å²) in [7, 11) is 0. The normalized spacial score (nSPS) is 11.9. The van der Waals surface area contributed by atoms with E-state index in [-0.39, 0.29) is 29.5 Å². The van der Waals surface area contributed by atoms with Crippen molar-refractivity contribution in [2.24, 2.45) is 17.4 Å². The van der Waals surface area contributed by atoms with Crippen molar-refractivity contribution in [3.05, 3.63) is 29.6 Å². The molecule has 0 radical (unpaired) electrons. The molecule has 6 heteroatoms. The van der Waals surface area contributed by atoms with E-state index in [9.17, 15) is 14.0 Å². The molecular formula is C13H18FN3O2. The zero-order valence-electron chi connectivity index (χ0n) is 10.8. The standard InChI is InChI=1S/C13H18FN3O2/c1-2-8(7-15)5-12(18)17-11-6-9(13(16)19)3-4-10(11)14/h3-4,6,8H,2,5,7,15H2,1H3,(H2,16,19)(H,17,18). The van der Waals surface area contributed by atoms with Crippen molar-refractivity contribution in [2.75, 3.05) is 11.9 Å². The first-order chi connectivity index (χ1) is 8.97. The number of carbonyl (C=O) groups excluding carboxylic acids is 2. The third-order valence-electron chi connectivity index (χ3n) is 2.91. The molecule has 0 saturated heterocycles. The Kier molecular flexibility index (Phi) is 5.44. The fourth-order valence-electron chi connectivity index (χ4n) is 1.63. The second-order valence-electron chi connectivity index (χ2n) is 4.32. The minimum absolute atomic E-state index is 0.0480. The Labute approximate surface area is 111 Å². The highest BCUT2D eigenvalue weighted by atomic mass is 19.1. The third-order valence-corrected chi connectivity index (χ3v) is 2.91. The van der Waals surface area contributed by atoms with Gasteiger partial charge in [-0.25, -0.2) is 4.39 Å². The van der Waals surface area contributed by atoms with Crippen LogP contribution in [0.1, 0.15) is 30.1 Å². The lowest BCUT2D eigenvalue weighted by molar-refractivity contribution is -0.117. The van der Waals surface area contributed by atoms with Crippen molar-refractivity contribution >= 4 is 17.5 Å². The van der Waals surface area contributed by atoms with E-state index in [1.807, 2.05) is 6.92 Å². The highest BCUT2D eigenvalue weighted by Crippen LogP contribution is 2.17. The van der Waals surface area contributed by atoms with Gasteiger partial charge < -0.3 is 16.8 Å². The molecule has 5 nitrogen and oxygen atoms in total. The Morgan fingerprint density at radius 2 is 2.11 bits per heavy atom. The molecule has 2 amide bonds. The molecule has 104 valence electrons. The van der Waals surface area contributed by atoms with Gasteiger partial charge in [-0.05, 0) is 30.7 Å². The maximum absolute atomic E-state index is 13.5. The van der Waals surface area contributed by atoms with Gasteiger partial charge in [0.2, 0.25) is 11.8 Å². The molecule has 19 heavy (non-hydrogen) atoms. The molecule has 1 unspecified atom stereocenters. The molecule has 1 aromatic carbocycles. The Morgan fingerprint density at radius 3 is 2.63 bits per heavy atom. The molecule has 0 aliphatic heterocycles. The summed E-state index contributed by atoms with van der Waals surface area (Å²) in [6.07, 6.45) is 0.987. The number of halogens is 1. The van der Waals surface area contributed by atoms with Crippen molar-refractivity contribution in [3.8, 4) is 0 Å². The van der Waals surface area contributed by atoms with Crippen LogP contribution in [0.4, 0.5) is 10.1 Å². The van der Waals surface area contributed by atoms with E-state index in [4.69, 9.17) is 11.5 Å². The van der Waals surface area contributed by atoms with Crippen molar-refractivity contribution < 1.29 is 14.0 Å². The van der Waals surface area contributed by atoms with Crippen LogP contribution in [0.5, 0.6) is 0 Å². The third kappa shape index (κ3) is 4.33. The van der Waals surface area contributed by atoms with Crippen molar-refractivity contribution in [2.45, 2.75) is 19.8 Å². The number of primary amides is 1. The predicted molar refractivity (Wildman–Crippen MR) is 71.0 cm³/mol. The molecule has 0 saturated carbocycles. The van der Waals surface area contributed by atoms with Crippen molar-refractivity contribution in [1.29, 1.82) is 0 Å². The summed E-state index contributed by atoms with van der Waals surface area (Å²) in [5.41, 5.74) is 10.7. The maximum atomic E-state index is 13.5. The Bertz CT molecular complexity index is 473. The van der Waals surface area contributed by atoms with Gasteiger partial charge in [-0.3, -0.25) is 9.59 Å². The summed E-state index contributed by atoms with van der Waals surface area (Å²) < 4.78 is 13.5. The molecule has 0 spiro atoms. The summed E-state index contributed by atoms with van der Waals surface area (Å²) >= 11 is 0. The molecule has 0 fully saturated rings. The molecule has 5 N–H and O–H groups in total. The second-order valence-corrected chi connectivity index (χ2v) is 4.32. The number of rotatable bonds is 6. The topological polar surface area (TPSA) is 98.2 Å². The predicted octanol–water partition coefficient (Wildman–Crippen LogP) is 1.24. The van der Waals surface area contributed by atoms with Gasteiger partial charge in [0.25, 0.3) is 0 Å². The lowest BCUT2D eigenvalue weighted by Gasteiger charge is -2.12. The summed E-state index contributed by atoms with van der Waals surface area (Å²) in [4.78, 5) is 22.7. The molecule has 1 aromatic rings. The van der Waals surface area contributed by atoms with Gasteiger partial charge in [-0.2, -0.15) is 0 Å². The van der Waals surface area contributed by atoms with E-state index in [1.165, 1.54) is 12.1 Å². The smallest absolute Gasteiger partial charge is 0.248 e. The zero-order chi connectivity index (χ0) is 14.4. The lowest BCUT2D eigenvalue weighted by atomic mass is 10.0. The van der Waals surface area contributed by atoms with Crippen LogP contribution in [-0.4, -0.2) is 18.4 Å². The zero-order valence-corrected chi connectivity index (χ0v) is 10.8. The molecule has 1 rings (SSSR count). The molecule has 0 aromatic heterocycles. The number of anilines is 1. The van der Waals surface area contributed by atoms with Crippen LogP contribution in [0, 0.1) is 11.7 Å². The molecular weight excluding hydrogens is 249 g/mol. The Balaban J connectivity index is 2.78. The van der Waals surface area contributed by atoms with Gasteiger partial charge in [0.05, 0.1) is 5.69 Å². The van der Waals surface area contributed by atoms with Crippen molar-refractivity contribution in [3.63, 3.8) is 0 Å². The highest BCUT2D eigenvalue weighted by molar-refractivity contribution is 5.96. The summed E-state index contributed by atoms with van der Waals surface area (Å²) in [5, 5.41) is 2.43. The first kappa shape index (κ1) is 15.1. The fourth-order valence-corrected chi connectivity index (χ4v) is 1.63. The summed E-state index contributed by atoms with van der Waals surface area (Å²) in [6, 6.07) is 3.58. The minimum atomic E-state index is -0.677. The number of nitrogens with one attached hydrogen (secondary N) is 1. The Hall–Kier alpha value is -1.95. The van der Waals surface area contributed by atoms with E-state index in [1.54, 1.807) is 0 Å². The average Bonchev–Trinajstić information content (AvgIpc) is 2.38. The number of carbonyl (C=O) groups is 2. The summed E-state index contributed by atoms with van der Waals surface area (Å²) in [5.74, 6) is -1.57. The minimum Gasteiger partial charge on any atom is -0.366 e. The average molecular weight is 267 g/mol. The van der Waals surface area contributed by atoms with Crippen LogP contribution >= 0.6 is 0 Å². The maximum Gasteiger partial charge on any atom is 0.248 e. The monoisotopic (exact) mass is 267 g/mol. The fraction of sp³-hybridized carbons (Fsp3) is 0.385. The van der Waals surface area contributed by atoms with Crippen LogP contribution in [-0.2, 0) is 4.79 Å². The van der Waals surface area contributed by atoms with Gasteiger partial charge in [0, 0.05) is 12.0 Å². The SMILES string of the molecule is CCC(CN)CC(=O)Nc1cc(C(N)=O)ccc1F. The number of benzene rings is 1. The largest absolute Gasteiger partial charge is 0.366 e. The Morgan fingerprint density at radius 1 is 1.42 bits per heavy atom. The van der Waals surface area contributed by atoms with Gasteiger partial charge in [-0.15, -0.1) is 0 Å². The van der Waals surface area contributed by atoms with Crippen LogP contribution in [0.25, 0.3) is 0 Å².